The van der Waals surface area contributed by atoms with E-state index in [1.165, 1.54) is 44.1 Å². The fourth-order valence-corrected chi connectivity index (χ4v) is 5.84. The SMILES string of the molecule is Cc1nc(-c2ccccc2)n(C23CC4CC(CC(C4)C2)C3)n1. The summed E-state index contributed by atoms with van der Waals surface area (Å²) in [6.45, 7) is 2.03. The lowest BCUT2D eigenvalue weighted by Gasteiger charge is -2.56. The molecule has 0 spiro atoms. The molecule has 0 amide bonds. The van der Waals surface area contributed by atoms with Crippen molar-refractivity contribution >= 4 is 0 Å². The second kappa shape index (κ2) is 4.43. The Balaban J connectivity index is 1.64. The summed E-state index contributed by atoms with van der Waals surface area (Å²) >= 11 is 0. The van der Waals surface area contributed by atoms with Crippen molar-refractivity contribution in [1.82, 2.24) is 14.8 Å². The predicted molar refractivity (Wildman–Crippen MR) is 86.3 cm³/mol. The molecule has 4 aliphatic rings. The quantitative estimate of drug-likeness (QED) is 0.831. The monoisotopic (exact) mass is 293 g/mol. The van der Waals surface area contributed by atoms with Crippen LogP contribution in [0, 0.1) is 24.7 Å². The molecule has 4 aliphatic carbocycles. The molecule has 4 saturated carbocycles. The minimum absolute atomic E-state index is 0.251. The lowest BCUT2D eigenvalue weighted by atomic mass is 9.53. The summed E-state index contributed by atoms with van der Waals surface area (Å²) in [5, 5.41) is 4.88. The third-order valence-corrected chi connectivity index (χ3v) is 6.20. The van der Waals surface area contributed by atoms with Crippen molar-refractivity contribution in [2.24, 2.45) is 17.8 Å². The first-order chi connectivity index (χ1) is 10.7. The number of aromatic nitrogens is 3. The van der Waals surface area contributed by atoms with Gasteiger partial charge in [0.05, 0.1) is 5.54 Å². The maximum Gasteiger partial charge on any atom is 0.158 e. The van der Waals surface area contributed by atoms with E-state index in [0.29, 0.717) is 0 Å². The topological polar surface area (TPSA) is 30.7 Å². The molecule has 4 bridgehead atoms. The molecule has 22 heavy (non-hydrogen) atoms. The third kappa shape index (κ3) is 1.81. The van der Waals surface area contributed by atoms with E-state index >= 15 is 0 Å². The number of rotatable bonds is 2. The van der Waals surface area contributed by atoms with E-state index in [-0.39, 0.29) is 5.54 Å². The van der Waals surface area contributed by atoms with Crippen LogP contribution in [0.5, 0.6) is 0 Å². The van der Waals surface area contributed by atoms with Crippen LogP contribution in [0.25, 0.3) is 11.4 Å². The van der Waals surface area contributed by atoms with E-state index in [9.17, 15) is 0 Å². The number of hydrogen-bond acceptors (Lipinski definition) is 2. The first kappa shape index (κ1) is 12.9. The Labute approximate surface area is 131 Å². The van der Waals surface area contributed by atoms with E-state index in [2.05, 4.69) is 35.0 Å². The van der Waals surface area contributed by atoms with E-state index in [4.69, 9.17) is 10.1 Å². The van der Waals surface area contributed by atoms with Gasteiger partial charge in [-0.1, -0.05) is 30.3 Å². The van der Waals surface area contributed by atoms with Gasteiger partial charge in [-0.2, -0.15) is 5.10 Å². The largest absolute Gasteiger partial charge is 0.239 e. The highest BCUT2D eigenvalue weighted by Gasteiger charge is 2.53. The maximum absolute atomic E-state index is 4.88. The molecule has 0 atom stereocenters. The van der Waals surface area contributed by atoms with E-state index < -0.39 is 0 Å². The molecule has 0 aliphatic heterocycles. The molecule has 0 saturated heterocycles. The van der Waals surface area contributed by atoms with Crippen LogP contribution in [0.1, 0.15) is 44.3 Å². The zero-order chi connectivity index (χ0) is 14.7. The van der Waals surface area contributed by atoms with Gasteiger partial charge in [0.25, 0.3) is 0 Å². The predicted octanol–water partition coefficient (Wildman–Crippen LogP) is 4.18. The minimum Gasteiger partial charge on any atom is -0.239 e. The van der Waals surface area contributed by atoms with E-state index in [0.717, 1.165) is 29.4 Å². The fourth-order valence-electron chi connectivity index (χ4n) is 5.84. The first-order valence-electron chi connectivity index (χ1n) is 8.71. The van der Waals surface area contributed by atoms with Crippen LogP contribution >= 0.6 is 0 Å². The second-order valence-corrected chi connectivity index (χ2v) is 7.90. The van der Waals surface area contributed by atoms with Gasteiger partial charge in [0.15, 0.2) is 5.82 Å². The average Bonchev–Trinajstić information content (AvgIpc) is 2.90. The normalized spacial score (nSPS) is 36.0. The second-order valence-electron chi connectivity index (χ2n) is 7.90. The lowest BCUT2D eigenvalue weighted by molar-refractivity contribution is -0.0486. The molecule has 1 heterocycles. The summed E-state index contributed by atoms with van der Waals surface area (Å²) in [7, 11) is 0. The Morgan fingerprint density at radius 1 is 0.955 bits per heavy atom. The maximum atomic E-state index is 4.88. The van der Waals surface area contributed by atoms with Crippen LogP contribution in [0.3, 0.4) is 0 Å². The standard InChI is InChI=1S/C19H23N3/c1-13-20-18(17-5-3-2-4-6-17)22(21-13)19-10-14-7-15(11-19)9-16(8-14)12-19/h2-6,14-16H,7-12H2,1H3. The van der Waals surface area contributed by atoms with Gasteiger partial charge in [-0.15, -0.1) is 0 Å². The summed E-state index contributed by atoms with van der Waals surface area (Å²) in [6, 6.07) is 10.6. The molecule has 3 nitrogen and oxygen atoms in total. The molecule has 6 rings (SSSR count). The molecular weight excluding hydrogens is 270 g/mol. The highest BCUT2D eigenvalue weighted by molar-refractivity contribution is 5.55. The van der Waals surface area contributed by atoms with Crippen LogP contribution in [0.15, 0.2) is 30.3 Å². The highest BCUT2D eigenvalue weighted by Crippen LogP contribution is 2.59. The van der Waals surface area contributed by atoms with Crippen LogP contribution in [-0.4, -0.2) is 14.8 Å². The Morgan fingerprint density at radius 2 is 1.55 bits per heavy atom. The Morgan fingerprint density at radius 3 is 2.14 bits per heavy atom. The Bertz CT molecular complexity index is 665. The molecule has 4 fully saturated rings. The van der Waals surface area contributed by atoms with Crippen molar-refractivity contribution in [1.29, 1.82) is 0 Å². The smallest absolute Gasteiger partial charge is 0.158 e. The van der Waals surface area contributed by atoms with Gasteiger partial charge in [-0.05, 0) is 63.2 Å². The fraction of sp³-hybridized carbons (Fsp3) is 0.579. The van der Waals surface area contributed by atoms with Gasteiger partial charge in [0, 0.05) is 5.56 Å². The first-order valence-corrected chi connectivity index (χ1v) is 8.71. The number of hydrogen-bond donors (Lipinski definition) is 0. The van der Waals surface area contributed by atoms with Gasteiger partial charge in [0.2, 0.25) is 0 Å². The van der Waals surface area contributed by atoms with Crippen molar-refractivity contribution < 1.29 is 0 Å². The number of nitrogens with zero attached hydrogens (tertiary/aromatic N) is 3. The Hall–Kier alpha value is -1.64. The summed E-state index contributed by atoms with van der Waals surface area (Å²) in [5.74, 6) is 4.78. The van der Waals surface area contributed by atoms with Crippen molar-refractivity contribution in [3.05, 3.63) is 36.2 Å². The highest BCUT2D eigenvalue weighted by atomic mass is 15.4. The van der Waals surface area contributed by atoms with Crippen molar-refractivity contribution in [2.75, 3.05) is 0 Å². The number of aryl methyl sites for hydroxylation is 1. The van der Waals surface area contributed by atoms with Crippen molar-refractivity contribution in [3.8, 4) is 11.4 Å². The summed E-state index contributed by atoms with van der Waals surface area (Å²) in [6.07, 6.45) is 8.36. The number of benzene rings is 1. The molecule has 0 radical (unpaired) electrons. The molecule has 1 aromatic carbocycles. The molecule has 3 heteroatoms. The molecule has 2 aromatic rings. The molecule has 0 unspecified atom stereocenters. The summed E-state index contributed by atoms with van der Waals surface area (Å²) < 4.78 is 2.34. The van der Waals surface area contributed by atoms with Crippen molar-refractivity contribution in [2.45, 2.75) is 51.0 Å². The van der Waals surface area contributed by atoms with E-state index in [1.54, 1.807) is 0 Å². The Kier molecular flexibility index (Phi) is 2.59. The van der Waals surface area contributed by atoms with Gasteiger partial charge >= 0.3 is 0 Å². The molecule has 114 valence electrons. The molecular formula is C19H23N3. The van der Waals surface area contributed by atoms with Crippen LogP contribution in [-0.2, 0) is 5.54 Å². The van der Waals surface area contributed by atoms with Gasteiger partial charge in [-0.3, -0.25) is 0 Å². The summed E-state index contributed by atoms with van der Waals surface area (Å²) in [5.41, 5.74) is 1.46. The zero-order valence-corrected chi connectivity index (χ0v) is 13.2. The molecule has 1 aromatic heterocycles. The zero-order valence-electron chi connectivity index (χ0n) is 13.2. The van der Waals surface area contributed by atoms with Gasteiger partial charge in [-0.25, -0.2) is 9.67 Å². The van der Waals surface area contributed by atoms with Crippen molar-refractivity contribution in [3.63, 3.8) is 0 Å². The summed E-state index contributed by atoms with van der Waals surface area (Å²) in [4.78, 5) is 4.79. The molecule has 0 N–H and O–H groups in total. The average molecular weight is 293 g/mol. The lowest BCUT2D eigenvalue weighted by Crippen LogP contribution is -2.52. The third-order valence-electron chi connectivity index (χ3n) is 6.20. The van der Waals surface area contributed by atoms with E-state index in [1.807, 2.05) is 6.92 Å². The van der Waals surface area contributed by atoms with Gasteiger partial charge in [0.1, 0.15) is 5.82 Å². The van der Waals surface area contributed by atoms with Crippen LogP contribution < -0.4 is 0 Å². The minimum atomic E-state index is 0.251. The van der Waals surface area contributed by atoms with Crippen LogP contribution in [0.4, 0.5) is 0 Å². The van der Waals surface area contributed by atoms with Crippen LogP contribution in [0.2, 0.25) is 0 Å². The van der Waals surface area contributed by atoms with Gasteiger partial charge < -0.3 is 0 Å².